The Morgan fingerprint density at radius 3 is 1.53 bits per heavy atom. The van der Waals surface area contributed by atoms with Gasteiger partial charge in [-0.05, 0) is 25.7 Å². The highest BCUT2D eigenvalue weighted by Gasteiger charge is 2.21. The lowest BCUT2D eigenvalue weighted by molar-refractivity contribution is -0.123. The molecule has 0 aromatic carbocycles. The van der Waals surface area contributed by atoms with Gasteiger partial charge in [0.2, 0.25) is 6.41 Å². The van der Waals surface area contributed by atoms with Crippen LogP contribution in [0.3, 0.4) is 0 Å². The van der Waals surface area contributed by atoms with E-state index >= 15 is 0 Å². The molecule has 0 aliphatic carbocycles. The molecule has 2 heteroatoms. The van der Waals surface area contributed by atoms with E-state index in [1.165, 1.54) is 0 Å². The first-order valence-electron chi connectivity index (χ1n) is 6.47. The molecule has 0 aliphatic heterocycles. The van der Waals surface area contributed by atoms with Crippen LogP contribution in [0.1, 0.15) is 66.2 Å². The number of carbonyl (C=O) groups excluding carboxylic acids is 1. The van der Waals surface area contributed by atoms with E-state index in [-0.39, 0.29) is 0 Å². The van der Waals surface area contributed by atoms with Crippen LogP contribution < -0.4 is 0 Å². The summed E-state index contributed by atoms with van der Waals surface area (Å²) in [6.45, 7) is 8.73. The minimum atomic E-state index is 0.448. The van der Waals surface area contributed by atoms with Crippen LogP contribution in [0.4, 0.5) is 0 Å². The van der Waals surface area contributed by atoms with Gasteiger partial charge in [-0.2, -0.15) is 0 Å². The van der Waals surface area contributed by atoms with Crippen molar-refractivity contribution in [3.8, 4) is 0 Å². The van der Waals surface area contributed by atoms with Crippen molar-refractivity contribution < 1.29 is 4.79 Å². The number of hydrogen-bond donors (Lipinski definition) is 0. The van der Waals surface area contributed by atoms with Crippen molar-refractivity contribution >= 4 is 6.41 Å². The van der Waals surface area contributed by atoms with Gasteiger partial charge >= 0.3 is 0 Å². The molecule has 0 aromatic heterocycles. The van der Waals surface area contributed by atoms with E-state index in [1.807, 2.05) is 0 Å². The highest BCUT2D eigenvalue weighted by Crippen LogP contribution is 2.17. The molecule has 0 aromatic rings. The monoisotopic (exact) mass is 213 g/mol. The van der Waals surface area contributed by atoms with E-state index in [0.717, 1.165) is 44.9 Å². The summed E-state index contributed by atoms with van der Waals surface area (Å²) in [6, 6.07) is 0.896. The highest BCUT2D eigenvalue weighted by atomic mass is 16.1. The molecule has 1 amide bonds. The Kier molecular flexibility index (Phi) is 8.44. The van der Waals surface area contributed by atoms with Crippen molar-refractivity contribution in [3.63, 3.8) is 0 Å². The third kappa shape index (κ3) is 4.67. The van der Waals surface area contributed by atoms with Gasteiger partial charge < -0.3 is 4.90 Å². The van der Waals surface area contributed by atoms with Crippen molar-refractivity contribution in [2.75, 3.05) is 0 Å². The van der Waals surface area contributed by atoms with E-state index in [2.05, 4.69) is 32.6 Å². The molecule has 0 radical (unpaired) electrons. The summed E-state index contributed by atoms with van der Waals surface area (Å²) >= 11 is 0. The van der Waals surface area contributed by atoms with Gasteiger partial charge in [0, 0.05) is 12.1 Å². The van der Waals surface area contributed by atoms with Crippen molar-refractivity contribution in [3.05, 3.63) is 0 Å². The fraction of sp³-hybridized carbons (Fsp3) is 0.923. The maximum absolute atomic E-state index is 11.2. The molecule has 2 nitrogen and oxygen atoms in total. The van der Waals surface area contributed by atoms with Gasteiger partial charge in [0.05, 0.1) is 0 Å². The predicted octanol–water partition coefficient (Wildman–Crippen LogP) is 3.60. The zero-order chi connectivity index (χ0) is 11.7. The average molecular weight is 213 g/mol. The number of rotatable bonds is 9. The first-order valence-corrected chi connectivity index (χ1v) is 6.47. The standard InChI is InChI=1S/C13H27NO/c1-5-9-12(7-3)14(11-15)13(8-4)10-6-2/h11-13H,5-10H2,1-4H3. The second kappa shape index (κ2) is 8.75. The molecule has 15 heavy (non-hydrogen) atoms. The van der Waals surface area contributed by atoms with Crippen LogP contribution in [-0.2, 0) is 4.79 Å². The summed E-state index contributed by atoms with van der Waals surface area (Å²) in [5, 5.41) is 0. The highest BCUT2D eigenvalue weighted by molar-refractivity contribution is 5.48. The molecule has 0 bridgehead atoms. The van der Waals surface area contributed by atoms with Crippen molar-refractivity contribution in [2.45, 2.75) is 78.3 Å². The molecule has 0 fully saturated rings. The quantitative estimate of drug-likeness (QED) is 0.536. The van der Waals surface area contributed by atoms with Gasteiger partial charge in [-0.15, -0.1) is 0 Å². The summed E-state index contributed by atoms with van der Waals surface area (Å²) in [5.74, 6) is 0. The molecule has 0 spiro atoms. The number of nitrogens with zero attached hydrogens (tertiary/aromatic N) is 1. The molecule has 0 aliphatic rings. The normalized spacial score (nSPS) is 14.7. The Labute approximate surface area is 95.0 Å². The van der Waals surface area contributed by atoms with Crippen molar-refractivity contribution in [1.29, 1.82) is 0 Å². The molecule has 0 saturated heterocycles. The fourth-order valence-electron chi connectivity index (χ4n) is 2.26. The minimum absolute atomic E-state index is 0.448. The van der Waals surface area contributed by atoms with Gasteiger partial charge in [0.1, 0.15) is 0 Å². The van der Waals surface area contributed by atoms with Crippen LogP contribution in [0, 0.1) is 0 Å². The maximum Gasteiger partial charge on any atom is 0.210 e. The molecule has 0 N–H and O–H groups in total. The van der Waals surface area contributed by atoms with Crippen molar-refractivity contribution in [2.24, 2.45) is 0 Å². The summed E-state index contributed by atoms with van der Waals surface area (Å²) < 4.78 is 0. The van der Waals surface area contributed by atoms with Gasteiger partial charge in [-0.25, -0.2) is 0 Å². The zero-order valence-electron chi connectivity index (χ0n) is 10.8. The summed E-state index contributed by atoms with van der Waals surface area (Å²) in [5.41, 5.74) is 0. The van der Waals surface area contributed by atoms with E-state index in [4.69, 9.17) is 0 Å². The Hall–Kier alpha value is -0.530. The van der Waals surface area contributed by atoms with Gasteiger partial charge in [-0.1, -0.05) is 40.5 Å². The second-order valence-corrected chi connectivity index (χ2v) is 4.25. The van der Waals surface area contributed by atoms with Crippen LogP contribution in [0.5, 0.6) is 0 Å². The number of amides is 1. The predicted molar refractivity (Wildman–Crippen MR) is 65.9 cm³/mol. The zero-order valence-corrected chi connectivity index (χ0v) is 10.8. The second-order valence-electron chi connectivity index (χ2n) is 4.25. The summed E-state index contributed by atoms with van der Waals surface area (Å²) in [6.07, 6.45) is 7.80. The van der Waals surface area contributed by atoms with Crippen LogP contribution in [0.25, 0.3) is 0 Å². The lowest BCUT2D eigenvalue weighted by Crippen LogP contribution is -2.41. The van der Waals surface area contributed by atoms with Crippen LogP contribution in [0.15, 0.2) is 0 Å². The van der Waals surface area contributed by atoms with E-state index in [9.17, 15) is 4.79 Å². The van der Waals surface area contributed by atoms with E-state index < -0.39 is 0 Å². The van der Waals surface area contributed by atoms with Crippen LogP contribution in [-0.4, -0.2) is 23.4 Å². The van der Waals surface area contributed by atoms with Crippen LogP contribution in [0.2, 0.25) is 0 Å². The first-order chi connectivity index (χ1) is 7.24. The summed E-state index contributed by atoms with van der Waals surface area (Å²) in [7, 11) is 0. The molecule has 0 rings (SSSR count). The Morgan fingerprint density at radius 2 is 1.33 bits per heavy atom. The average Bonchev–Trinajstić information content (AvgIpc) is 2.27. The Bertz CT molecular complexity index is 145. The van der Waals surface area contributed by atoms with Gasteiger partial charge in [-0.3, -0.25) is 4.79 Å². The third-order valence-electron chi connectivity index (χ3n) is 3.15. The molecule has 0 heterocycles. The van der Waals surface area contributed by atoms with Crippen molar-refractivity contribution in [1.82, 2.24) is 4.90 Å². The topological polar surface area (TPSA) is 20.3 Å². The Balaban J connectivity index is 4.44. The molecular weight excluding hydrogens is 186 g/mol. The molecule has 90 valence electrons. The lowest BCUT2D eigenvalue weighted by atomic mass is 10.0. The van der Waals surface area contributed by atoms with E-state index in [0.29, 0.717) is 12.1 Å². The molecule has 2 unspecified atom stereocenters. The van der Waals surface area contributed by atoms with Gasteiger partial charge in [0.25, 0.3) is 0 Å². The number of hydrogen-bond acceptors (Lipinski definition) is 1. The first kappa shape index (κ1) is 14.5. The molecule has 0 saturated carbocycles. The lowest BCUT2D eigenvalue weighted by Gasteiger charge is -2.34. The minimum Gasteiger partial charge on any atom is -0.339 e. The maximum atomic E-state index is 11.2. The largest absolute Gasteiger partial charge is 0.339 e. The van der Waals surface area contributed by atoms with Gasteiger partial charge in [0.15, 0.2) is 0 Å². The SMILES string of the molecule is CCCC(CC)N(C=O)C(CC)CCC. The smallest absolute Gasteiger partial charge is 0.210 e. The third-order valence-corrected chi connectivity index (χ3v) is 3.15. The van der Waals surface area contributed by atoms with Crippen LogP contribution >= 0.6 is 0 Å². The molecule has 2 atom stereocenters. The van der Waals surface area contributed by atoms with E-state index in [1.54, 1.807) is 0 Å². The fourth-order valence-corrected chi connectivity index (χ4v) is 2.26. The molecular formula is C13H27NO. The summed E-state index contributed by atoms with van der Waals surface area (Å²) in [4.78, 5) is 13.2. The number of carbonyl (C=O) groups is 1. The Morgan fingerprint density at radius 1 is 0.933 bits per heavy atom.